The number of ether oxygens (including phenoxy) is 4. The third kappa shape index (κ3) is 9.55. The molecule has 0 unspecified atom stereocenters. The first-order valence-corrected chi connectivity index (χ1v) is 9.25. The van der Waals surface area contributed by atoms with Gasteiger partial charge in [-0.2, -0.15) is 0 Å². The van der Waals surface area contributed by atoms with Crippen LogP contribution < -0.4 is 4.74 Å². The number of nitrogens with zero attached hydrogens (tertiary/aromatic N) is 2. The Hall–Kier alpha value is -2.43. The quantitative estimate of drug-likeness (QED) is 0.314. The molecule has 0 aromatic heterocycles. The Morgan fingerprint density at radius 1 is 1.14 bits per heavy atom. The lowest BCUT2D eigenvalue weighted by Crippen LogP contribution is -2.34. The summed E-state index contributed by atoms with van der Waals surface area (Å²) in [6, 6.07) is 4.54. The van der Waals surface area contributed by atoms with Gasteiger partial charge in [0.15, 0.2) is 0 Å². The molecule has 1 N–H and O–H groups in total. The van der Waals surface area contributed by atoms with Gasteiger partial charge in [0.25, 0.3) is 0 Å². The Balaban J connectivity index is 2.72. The smallest absolute Gasteiger partial charge is 0.410 e. The van der Waals surface area contributed by atoms with Crippen LogP contribution in [0.4, 0.5) is 10.5 Å². The largest absolute Gasteiger partial charge is 0.484 e. The number of carbonyl (C=O) groups excluding carboxylic acids is 1. The number of aliphatic hydroxyl groups is 1. The molecule has 0 saturated heterocycles. The molecule has 0 heterocycles. The number of hydrogen-bond acceptors (Lipinski definition) is 8. The van der Waals surface area contributed by atoms with Crippen LogP contribution in [0.1, 0.15) is 26.3 Å². The molecule has 1 rings (SSSR count). The number of hydrogen-bond donors (Lipinski definition) is 1. The van der Waals surface area contributed by atoms with Gasteiger partial charge >= 0.3 is 11.8 Å². The second-order valence-electron chi connectivity index (χ2n) is 7.16. The molecule has 0 fully saturated rings. The molecule has 0 spiro atoms. The van der Waals surface area contributed by atoms with E-state index < -0.39 is 16.6 Å². The highest BCUT2D eigenvalue weighted by Crippen LogP contribution is 2.32. The van der Waals surface area contributed by atoms with E-state index in [9.17, 15) is 14.9 Å². The first-order valence-electron chi connectivity index (χ1n) is 9.25. The second kappa shape index (κ2) is 12.2. The number of benzene rings is 1. The van der Waals surface area contributed by atoms with Gasteiger partial charge < -0.3 is 29.0 Å². The summed E-state index contributed by atoms with van der Waals surface area (Å²) in [5.74, 6) is 0.0908. The number of aliphatic hydroxyl groups excluding tert-OH is 1. The Morgan fingerprint density at radius 2 is 1.76 bits per heavy atom. The standard InChI is InChI=1S/C19H30N2O8/c1-19(2,3)29-18(23)20(4)14-15-6-5-7-16(21(24)25)17(15)28-13-12-27-11-10-26-9-8-22/h5-7,22H,8-14H2,1-4H3. The molecule has 0 aliphatic rings. The van der Waals surface area contributed by atoms with E-state index in [1.807, 2.05) is 0 Å². The van der Waals surface area contributed by atoms with Crippen LogP contribution in [-0.2, 0) is 20.8 Å². The summed E-state index contributed by atoms with van der Waals surface area (Å²) in [6.07, 6.45) is -0.541. The zero-order valence-electron chi connectivity index (χ0n) is 17.4. The summed E-state index contributed by atoms with van der Waals surface area (Å²) < 4.78 is 21.3. The van der Waals surface area contributed by atoms with Gasteiger partial charge in [-0.3, -0.25) is 10.1 Å². The third-order valence-corrected chi connectivity index (χ3v) is 3.47. The lowest BCUT2D eigenvalue weighted by atomic mass is 10.1. The molecule has 0 bridgehead atoms. The Morgan fingerprint density at radius 3 is 2.34 bits per heavy atom. The molecule has 1 aromatic carbocycles. The zero-order valence-corrected chi connectivity index (χ0v) is 17.4. The van der Waals surface area contributed by atoms with E-state index in [2.05, 4.69) is 0 Å². The van der Waals surface area contributed by atoms with Crippen LogP contribution in [0.2, 0.25) is 0 Å². The average molecular weight is 414 g/mol. The molecule has 0 saturated carbocycles. The van der Waals surface area contributed by atoms with Gasteiger partial charge in [-0.05, 0) is 20.8 Å². The first-order chi connectivity index (χ1) is 13.7. The van der Waals surface area contributed by atoms with Crippen LogP contribution in [0.25, 0.3) is 0 Å². The SMILES string of the molecule is CN(Cc1cccc([N+](=O)[O-])c1OCCOCCOCCO)C(=O)OC(C)(C)C. The normalized spacial score (nSPS) is 11.2. The van der Waals surface area contributed by atoms with E-state index in [0.717, 1.165) is 0 Å². The molecule has 0 aliphatic carbocycles. The lowest BCUT2D eigenvalue weighted by molar-refractivity contribution is -0.386. The summed E-state index contributed by atoms with van der Waals surface area (Å²) in [5.41, 5.74) is -0.351. The van der Waals surface area contributed by atoms with Crippen molar-refractivity contribution in [2.24, 2.45) is 0 Å². The summed E-state index contributed by atoms with van der Waals surface area (Å²) in [6.45, 7) is 6.49. The lowest BCUT2D eigenvalue weighted by Gasteiger charge is -2.25. The minimum Gasteiger partial charge on any atom is -0.484 e. The number of nitro benzene ring substituents is 1. The summed E-state index contributed by atoms with van der Waals surface area (Å²) >= 11 is 0. The van der Waals surface area contributed by atoms with E-state index >= 15 is 0 Å². The van der Waals surface area contributed by atoms with Gasteiger partial charge in [0, 0.05) is 18.7 Å². The molecule has 1 amide bonds. The topological polar surface area (TPSA) is 121 Å². The number of rotatable bonds is 12. The number of nitro groups is 1. The van der Waals surface area contributed by atoms with Crippen molar-refractivity contribution in [1.29, 1.82) is 0 Å². The summed E-state index contributed by atoms with van der Waals surface area (Å²) in [4.78, 5) is 24.3. The van der Waals surface area contributed by atoms with Crippen molar-refractivity contribution in [3.8, 4) is 5.75 Å². The molecule has 0 atom stereocenters. The van der Waals surface area contributed by atoms with Crippen LogP contribution in [0.15, 0.2) is 18.2 Å². The predicted molar refractivity (Wildman–Crippen MR) is 105 cm³/mol. The van der Waals surface area contributed by atoms with Crippen LogP contribution in [0.5, 0.6) is 5.75 Å². The minimum absolute atomic E-state index is 0.0543. The van der Waals surface area contributed by atoms with Gasteiger partial charge in [-0.15, -0.1) is 0 Å². The highest BCUT2D eigenvalue weighted by atomic mass is 16.6. The van der Waals surface area contributed by atoms with Crippen LogP contribution in [-0.4, -0.2) is 73.3 Å². The molecule has 164 valence electrons. The van der Waals surface area contributed by atoms with Crippen molar-refractivity contribution in [1.82, 2.24) is 4.90 Å². The summed E-state index contributed by atoms with van der Waals surface area (Å²) in [7, 11) is 1.55. The highest BCUT2D eigenvalue weighted by Gasteiger charge is 2.24. The maximum Gasteiger partial charge on any atom is 0.410 e. The molecule has 1 aromatic rings. The fraction of sp³-hybridized carbons (Fsp3) is 0.632. The molecule has 0 aliphatic heterocycles. The van der Waals surface area contributed by atoms with Crippen molar-refractivity contribution in [2.45, 2.75) is 32.9 Å². The molecular weight excluding hydrogens is 384 g/mol. The average Bonchev–Trinajstić information content (AvgIpc) is 2.63. The third-order valence-electron chi connectivity index (χ3n) is 3.47. The highest BCUT2D eigenvalue weighted by molar-refractivity contribution is 5.68. The van der Waals surface area contributed by atoms with Gasteiger partial charge in [0.2, 0.25) is 5.75 Å². The fourth-order valence-corrected chi connectivity index (χ4v) is 2.26. The van der Waals surface area contributed by atoms with Gasteiger partial charge in [-0.1, -0.05) is 12.1 Å². The van der Waals surface area contributed by atoms with Crippen molar-refractivity contribution >= 4 is 11.8 Å². The monoisotopic (exact) mass is 414 g/mol. The molecule has 10 heteroatoms. The Bertz CT molecular complexity index is 660. The van der Waals surface area contributed by atoms with Crippen LogP contribution >= 0.6 is 0 Å². The molecule has 0 radical (unpaired) electrons. The second-order valence-corrected chi connectivity index (χ2v) is 7.16. The Kier molecular flexibility index (Phi) is 10.4. The van der Waals surface area contributed by atoms with Gasteiger partial charge in [-0.25, -0.2) is 4.79 Å². The van der Waals surface area contributed by atoms with Gasteiger partial charge in [0.05, 0.1) is 44.5 Å². The first kappa shape index (κ1) is 24.6. The van der Waals surface area contributed by atoms with E-state index in [0.29, 0.717) is 18.8 Å². The molecular formula is C19H30N2O8. The van der Waals surface area contributed by atoms with E-state index in [-0.39, 0.29) is 44.4 Å². The molecule has 29 heavy (non-hydrogen) atoms. The number of amides is 1. The van der Waals surface area contributed by atoms with E-state index in [1.54, 1.807) is 33.9 Å². The van der Waals surface area contributed by atoms with E-state index in [1.165, 1.54) is 17.0 Å². The number of carbonyl (C=O) groups is 1. The number of para-hydroxylation sites is 1. The minimum atomic E-state index is -0.647. The molecule has 10 nitrogen and oxygen atoms in total. The van der Waals surface area contributed by atoms with Gasteiger partial charge in [0.1, 0.15) is 12.2 Å². The zero-order chi connectivity index (χ0) is 21.9. The van der Waals surface area contributed by atoms with Crippen LogP contribution in [0.3, 0.4) is 0 Å². The Labute approximate surface area is 170 Å². The summed E-state index contributed by atoms with van der Waals surface area (Å²) in [5, 5.41) is 20.0. The van der Waals surface area contributed by atoms with Crippen molar-refractivity contribution in [2.75, 3.05) is 46.7 Å². The maximum absolute atomic E-state index is 12.2. The van der Waals surface area contributed by atoms with E-state index in [4.69, 9.17) is 24.1 Å². The van der Waals surface area contributed by atoms with Crippen molar-refractivity contribution < 1.29 is 33.8 Å². The van der Waals surface area contributed by atoms with Crippen LogP contribution in [0, 0.1) is 10.1 Å². The fourth-order valence-electron chi connectivity index (χ4n) is 2.26. The predicted octanol–water partition coefficient (Wildman–Crippen LogP) is 2.37. The maximum atomic E-state index is 12.2. The van der Waals surface area contributed by atoms with Crippen molar-refractivity contribution in [3.05, 3.63) is 33.9 Å². The van der Waals surface area contributed by atoms with Crippen molar-refractivity contribution in [3.63, 3.8) is 0 Å².